The fourth-order valence-corrected chi connectivity index (χ4v) is 4.16. The molecule has 0 saturated heterocycles. The summed E-state index contributed by atoms with van der Waals surface area (Å²) in [5, 5.41) is 0. The highest BCUT2D eigenvalue weighted by Crippen LogP contribution is 2.50. The molecule has 1 aromatic carbocycles. The van der Waals surface area contributed by atoms with Gasteiger partial charge in [-0.05, 0) is 54.4 Å². The summed E-state index contributed by atoms with van der Waals surface area (Å²) in [6.45, 7) is 4.20. The summed E-state index contributed by atoms with van der Waals surface area (Å²) in [6.07, 6.45) is 5.57. The van der Waals surface area contributed by atoms with E-state index in [4.69, 9.17) is 9.47 Å². The molecule has 0 fully saturated rings. The first-order chi connectivity index (χ1) is 12.5. The molecule has 0 saturated carbocycles. The number of rotatable bonds is 3. The van der Waals surface area contributed by atoms with E-state index in [2.05, 4.69) is 24.8 Å². The molecule has 0 heterocycles. The lowest BCUT2D eigenvalue weighted by atomic mass is 9.65. The summed E-state index contributed by atoms with van der Waals surface area (Å²) in [5.74, 6) is -1.09. The third-order valence-electron chi connectivity index (χ3n) is 5.28. The number of hydrogen-bond acceptors (Lipinski definition) is 4. The molecule has 0 N–H and O–H groups in total. The van der Waals surface area contributed by atoms with Crippen LogP contribution in [0.25, 0.3) is 6.08 Å². The van der Waals surface area contributed by atoms with Crippen molar-refractivity contribution in [2.75, 3.05) is 14.2 Å². The lowest BCUT2D eigenvalue weighted by Crippen LogP contribution is -2.44. The van der Waals surface area contributed by atoms with E-state index in [9.17, 15) is 9.59 Å². The Balaban J connectivity index is 2.05. The van der Waals surface area contributed by atoms with Gasteiger partial charge in [-0.25, -0.2) is 0 Å². The molecule has 4 nitrogen and oxygen atoms in total. The lowest BCUT2D eigenvalue weighted by molar-refractivity contribution is -0.169. The van der Waals surface area contributed by atoms with Crippen LogP contribution in [0.2, 0.25) is 0 Å². The largest absolute Gasteiger partial charge is 0.468 e. The summed E-state index contributed by atoms with van der Waals surface area (Å²) in [7, 11) is 2.61. The number of carbonyl (C=O) groups excluding carboxylic acids is 2. The standard InChI is InChI=1S/C22H24O4/c1-15-13-22(20(23)25-2,21(24)26-3)14-18-11-7-10-17(19(15)18)12-16-8-5-4-6-9-16/h4-6,8-9,12H,1,7,10-11,13-14H2,2-3H3/b17-12+. The van der Waals surface area contributed by atoms with Crippen molar-refractivity contribution in [1.82, 2.24) is 0 Å². The average Bonchev–Trinajstić information content (AvgIpc) is 2.67. The average molecular weight is 352 g/mol. The van der Waals surface area contributed by atoms with Gasteiger partial charge in [0.05, 0.1) is 14.2 Å². The van der Waals surface area contributed by atoms with Crippen LogP contribution >= 0.6 is 0 Å². The molecule has 26 heavy (non-hydrogen) atoms. The summed E-state index contributed by atoms with van der Waals surface area (Å²) in [6, 6.07) is 10.2. The van der Waals surface area contributed by atoms with Crippen LogP contribution in [0.3, 0.4) is 0 Å². The van der Waals surface area contributed by atoms with Crippen LogP contribution in [0.4, 0.5) is 0 Å². The van der Waals surface area contributed by atoms with E-state index >= 15 is 0 Å². The van der Waals surface area contributed by atoms with Gasteiger partial charge in [0, 0.05) is 0 Å². The number of carbonyl (C=O) groups is 2. The third kappa shape index (κ3) is 3.12. The van der Waals surface area contributed by atoms with E-state index in [0.29, 0.717) is 6.42 Å². The molecule has 2 aliphatic carbocycles. The molecule has 0 spiro atoms. The predicted octanol–water partition coefficient (Wildman–Crippen LogP) is 4.23. The summed E-state index contributed by atoms with van der Waals surface area (Å²) in [4.78, 5) is 25.0. The zero-order chi connectivity index (χ0) is 18.7. The molecule has 1 aromatic rings. The highest BCUT2D eigenvalue weighted by atomic mass is 16.5. The second kappa shape index (κ2) is 7.32. The third-order valence-corrected chi connectivity index (χ3v) is 5.28. The normalized spacial score (nSPS) is 20.5. The van der Waals surface area contributed by atoms with Gasteiger partial charge in [0.25, 0.3) is 0 Å². The molecule has 0 bridgehead atoms. The molecule has 0 radical (unpaired) electrons. The van der Waals surface area contributed by atoms with E-state index in [-0.39, 0.29) is 6.42 Å². The fourth-order valence-electron chi connectivity index (χ4n) is 4.16. The minimum atomic E-state index is -1.31. The van der Waals surface area contributed by atoms with Gasteiger partial charge in [0.1, 0.15) is 0 Å². The molecule has 3 rings (SSSR count). The molecule has 4 heteroatoms. The Morgan fingerprint density at radius 2 is 1.69 bits per heavy atom. The Kier molecular flexibility index (Phi) is 5.12. The molecule has 0 aliphatic heterocycles. The van der Waals surface area contributed by atoms with Crippen molar-refractivity contribution in [1.29, 1.82) is 0 Å². The maximum absolute atomic E-state index is 12.5. The van der Waals surface area contributed by atoms with E-state index in [0.717, 1.165) is 41.5 Å². The van der Waals surface area contributed by atoms with E-state index < -0.39 is 17.4 Å². The highest BCUT2D eigenvalue weighted by Gasteiger charge is 2.52. The Bertz CT molecular complexity index is 783. The molecule has 0 atom stereocenters. The van der Waals surface area contributed by atoms with Gasteiger partial charge < -0.3 is 9.47 Å². The van der Waals surface area contributed by atoms with Crippen molar-refractivity contribution in [2.45, 2.75) is 32.1 Å². The van der Waals surface area contributed by atoms with E-state index in [1.54, 1.807) is 0 Å². The molecule has 0 unspecified atom stereocenters. The van der Waals surface area contributed by atoms with Gasteiger partial charge >= 0.3 is 11.9 Å². The van der Waals surface area contributed by atoms with Crippen molar-refractivity contribution in [2.24, 2.45) is 5.41 Å². The SMILES string of the molecule is C=C1CC(C(=O)OC)(C(=O)OC)CC2=C1/C(=C/c1ccccc1)CCC2. The number of benzene rings is 1. The van der Waals surface area contributed by atoms with Gasteiger partial charge in [0.2, 0.25) is 0 Å². The first-order valence-corrected chi connectivity index (χ1v) is 8.85. The van der Waals surface area contributed by atoms with Crippen LogP contribution < -0.4 is 0 Å². The van der Waals surface area contributed by atoms with Crippen LogP contribution in [0.15, 0.2) is 59.2 Å². The van der Waals surface area contributed by atoms with Gasteiger partial charge in [-0.1, -0.05) is 48.6 Å². The molecule has 0 amide bonds. The summed E-state index contributed by atoms with van der Waals surface area (Å²) in [5.41, 5.74) is 4.10. The topological polar surface area (TPSA) is 52.6 Å². The van der Waals surface area contributed by atoms with Crippen molar-refractivity contribution in [3.63, 3.8) is 0 Å². The second-order valence-corrected chi connectivity index (χ2v) is 6.93. The van der Waals surface area contributed by atoms with E-state index in [1.165, 1.54) is 19.8 Å². The first kappa shape index (κ1) is 18.2. The molecular formula is C22H24O4. The van der Waals surface area contributed by atoms with Gasteiger partial charge in [-0.3, -0.25) is 9.59 Å². The number of allylic oxidation sites excluding steroid dienone is 4. The zero-order valence-electron chi connectivity index (χ0n) is 15.3. The lowest BCUT2D eigenvalue weighted by Gasteiger charge is -2.38. The molecule has 136 valence electrons. The van der Waals surface area contributed by atoms with Crippen molar-refractivity contribution < 1.29 is 19.1 Å². The number of hydrogen-bond donors (Lipinski definition) is 0. The smallest absolute Gasteiger partial charge is 0.323 e. The van der Waals surface area contributed by atoms with Crippen LogP contribution in [0, 0.1) is 5.41 Å². The van der Waals surface area contributed by atoms with Crippen LogP contribution in [-0.4, -0.2) is 26.2 Å². The van der Waals surface area contributed by atoms with Crippen molar-refractivity contribution in [3.05, 3.63) is 64.8 Å². The van der Waals surface area contributed by atoms with Crippen molar-refractivity contribution in [3.8, 4) is 0 Å². The van der Waals surface area contributed by atoms with Crippen LogP contribution in [0.1, 0.15) is 37.7 Å². The monoisotopic (exact) mass is 352 g/mol. The van der Waals surface area contributed by atoms with Crippen LogP contribution in [-0.2, 0) is 19.1 Å². The molecule has 2 aliphatic rings. The van der Waals surface area contributed by atoms with Gasteiger partial charge in [-0.2, -0.15) is 0 Å². The Hall–Kier alpha value is -2.62. The maximum atomic E-state index is 12.5. The van der Waals surface area contributed by atoms with Gasteiger partial charge in [-0.15, -0.1) is 0 Å². The maximum Gasteiger partial charge on any atom is 0.323 e. The quantitative estimate of drug-likeness (QED) is 0.603. The first-order valence-electron chi connectivity index (χ1n) is 8.85. The van der Waals surface area contributed by atoms with Crippen LogP contribution in [0.5, 0.6) is 0 Å². The highest BCUT2D eigenvalue weighted by molar-refractivity contribution is 6.01. The van der Waals surface area contributed by atoms with Crippen molar-refractivity contribution >= 4 is 18.0 Å². The minimum absolute atomic E-state index is 0.233. The number of ether oxygens (including phenoxy) is 2. The molecular weight excluding hydrogens is 328 g/mol. The van der Waals surface area contributed by atoms with Gasteiger partial charge in [0.15, 0.2) is 5.41 Å². The summed E-state index contributed by atoms with van der Waals surface area (Å²) >= 11 is 0. The zero-order valence-corrected chi connectivity index (χ0v) is 15.3. The Morgan fingerprint density at radius 3 is 2.31 bits per heavy atom. The molecule has 0 aromatic heterocycles. The Morgan fingerprint density at radius 1 is 1.04 bits per heavy atom. The minimum Gasteiger partial charge on any atom is -0.468 e. The number of methoxy groups -OCH3 is 2. The summed E-state index contributed by atoms with van der Waals surface area (Å²) < 4.78 is 9.90. The predicted molar refractivity (Wildman–Crippen MR) is 100 cm³/mol. The number of esters is 2. The fraction of sp³-hybridized carbons (Fsp3) is 0.364. The van der Waals surface area contributed by atoms with E-state index in [1.807, 2.05) is 18.2 Å². The second-order valence-electron chi connectivity index (χ2n) is 6.93. The Labute approximate surface area is 154 Å².